The summed E-state index contributed by atoms with van der Waals surface area (Å²) in [5.41, 5.74) is 0. The van der Waals surface area contributed by atoms with Crippen molar-refractivity contribution in [2.75, 3.05) is 13.2 Å². The van der Waals surface area contributed by atoms with E-state index in [2.05, 4.69) is 6.92 Å². The fourth-order valence-electron chi connectivity index (χ4n) is 1.80. The standard InChI is InChI=1S/C14H27F3O2/c1-2-3-4-5-6-7-8-9-11-19-12-10-13(18)14(15,16)17/h13,18H,2-12H2,1H3. The lowest BCUT2D eigenvalue weighted by Gasteiger charge is -2.14. The molecule has 0 saturated carbocycles. The molecule has 19 heavy (non-hydrogen) atoms. The highest BCUT2D eigenvalue weighted by molar-refractivity contribution is 4.64. The van der Waals surface area contributed by atoms with E-state index in [4.69, 9.17) is 9.84 Å². The predicted octanol–water partition coefficient (Wildman–Crippen LogP) is 4.46. The highest BCUT2D eigenvalue weighted by Crippen LogP contribution is 2.22. The number of rotatable bonds is 12. The summed E-state index contributed by atoms with van der Waals surface area (Å²) in [5, 5.41) is 8.72. The van der Waals surface area contributed by atoms with E-state index in [9.17, 15) is 13.2 Å². The number of ether oxygens (including phenoxy) is 1. The maximum absolute atomic E-state index is 11.9. The number of hydrogen-bond donors (Lipinski definition) is 1. The van der Waals surface area contributed by atoms with E-state index < -0.39 is 12.3 Å². The molecule has 0 amide bonds. The van der Waals surface area contributed by atoms with E-state index >= 15 is 0 Å². The molecule has 0 fully saturated rings. The van der Waals surface area contributed by atoms with Crippen LogP contribution in [0.15, 0.2) is 0 Å². The van der Waals surface area contributed by atoms with Gasteiger partial charge >= 0.3 is 6.18 Å². The summed E-state index contributed by atoms with van der Waals surface area (Å²) in [6.07, 6.45) is 2.29. The molecular weight excluding hydrogens is 257 g/mol. The number of aliphatic hydroxyl groups excluding tert-OH is 1. The average Bonchev–Trinajstić information content (AvgIpc) is 2.34. The molecule has 116 valence electrons. The van der Waals surface area contributed by atoms with Gasteiger partial charge in [0.05, 0.1) is 0 Å². The summed E-state index contributed by atoms with van der Waals surface area (Å²) in [6, 6.07) is 0. The summed E-state index contributed by atoms with van der Waals surface area (Å²) < 4.78 is 40.9. The maximum atomic E-state index is 11.9. The van der Waals surface area contributed by atoms with Crippen molar-refractivity contribution in [1.82, 2.24) is 0 Å². The van der Waals surface area contributed by atoms with Crippen molar-refractivity contribution in [2.45, 2.75) is 77.0 Å². The van der Waals surface area contributed by atoms with Crippen LogP contribution in [0.3, 0.4) is 0 Å². The second-order valence-corrected chi connectivity index (χ2v) is 4.93. The Balaban J connectivity index is 3.15. The first-order valence-electron chi connectivity index (χ1n) is 7.31. The van der Waals surface area contributed by atoms with Gasteiger partial charge in [-0.15, -0.1) is 0 Å². The van der Waals surface area contributed by atoms with Crippen LogP contribution in [0.5, 0.6) is 0 Å². The Hall–Kier alpha value is -0.290. The van der Waals surface area contributed by atoms with Crippen molar-refractivity contribution < 1.29 is 23.0 Å². The molecule has 0 aromatic rings. The van der Waals surface area contributed by atoms with Gasteiger partial charge in [-0.3, -0.25) is 0 Å². The molecule has 0 rings (SSSR count). The molecule has 0 bridgehead atoms. The molecule has 0 aromatic heterocycles. The van der Waals surface area contributed by atoms with Crippen LogP contribution in [0.2, 0.25) is 0 Å². The van der Waals surface area contributed by atoms with Crippen molar-refractivity contribution >= 4 is 0 Å². The molecule has 1 unspecified atom stereocenters. The topological polar surface area (TPSA) is 29.5 Å². The second-order valence-electron chi connectivity index (χ2n) is 4.93. The van der Waals surface area contributed by atoms with E-state index in [0.717, 1.165) is 19.3 Å². The van der Waals surface area contributed by atoms with Gasteiger partial charge in [0, 0.05) is 19.6 Å². The SMILES string of the molecule is CCCCCCCCCCOCCC(O)C(F)(F)F. The molecule has 1 atom stereocenters. The molecule has 1 N–H and O–H groups in total. The zero-order valence-corrected chi connectivity index (χ0v) is 11.8. The van der Waals surface area contributed by atoms with E-state index in [1.165, 1.54) is 32.1 Å². The van der Waals surface area contributed by atoms with Crippen LogP contribution in [0.25, 0.3) is 0 Å². The van der Waals surface area contributed by atoms with Crippen LogP contribution < -0.4 is 0 Å². The minimum absolute atomic E-state index is 0.0306. The van der Waals surface area contributed by atoms with Crippen LogP contribution >= 0.6 is 0 Å². The smallest absolute Gasteiger partial charge is 0.384 e. The largest absolute Gasteiger partial charge is 0.414 e. The van der Waals surface area contributed by atoms with Crippen molar-refractivity contribution in [3.8, 4) is 0 Å². The molecule has 0 aromatic carbocycles. The van der Waals surface area contributed by atoms with Gasteiger partial charge < -0.3 is 9.84 Å². The van der Waals surface area contributed by atoms with Crippen molar-refractivity contribution in [1.29, 1.82) is 0 Å². The molecule has 0 aliphatic carbocycles. The molecular formula is C14H27F3O2. The predicted molar refractivity (Wildman–Crippen MR) is 70.1 cm³/mol. The Kier molecular flexibility index (Phi) is 11.4. The zero-order valence-electron chi connectivity index (χ0n) is 11.8. The number of halogens is 3. The summed E-state index contributed by atoms with van der Waals surface area (Å²) >= 11 is 0. The maximum Gasteiger partial charge on any atom is 0.414 e. The van der Waals surface area contributed by atoms with E-state index in [-0.39, 0.29) is 13.0 Å². The van der Waals surface area contributed by atoms with Gasteiger partial charge in [-0.2, -0.15) is 13.2 Å². The normalized spacial score (nSPS) is 13.7. The minimum atomic E-state index is -4.53. The minimum Gasteiger partial charge on any atom is -0.384 e. The highest BCUT2D eigenvalue weighted by Gasteiger charge is 2.37. The van der Waals surface area contributed by atoms with E-state index in [1.807, 2.05) is 0 Å². The van der Waals surface area contributed by atoms with Crippen LogP contribution in [0.4, 0.5) is 13.2 Å². The van der Waals surface area contributed by atoms with E-state index in [0.29, 0.717) is 6.61 Å². The van der Waals surface area contributed by atoms with Crippen LogP contribution in [0.1, 0.15) is 64.7 Å². The first-order chi connectivity index (χ1) is 8.98. The summed E-state index contributed by atoms with van der Waals surface area (Å²) in [5.74, 6) is 0. The number of unbranched alkanes of at least 4 members (excludes halogenated alkanes) is 7. The van der Waals surface area contributed by atoms with Gasteiger partial charge in [0.25, 0.3) is 0 Å². The van der Waals surface area contributed by atoms with E-state index in [1.54, 1.807) is 0 Å². The average molecular weight is 284 g/mol. The quantitative estimate of drug-likeness (QED) is 0.536. The molecule has 0 spiro atoms. The zero-order chi connectivity index (χ0) is 14.6. The molecule has 0 heterocycles. The molecule has 0 saturated heterocycles. The first-order valence-corrected chi connectivity index (χ1v) is 7.31. The lowest BCUT2D eigenvalue weighted by Crippen LogP contribution is -2.29. The summed E-state index contributed by atoms with van der Waals surface area (Å²) in [6.45, 7) is 2.64. The summed E-state index contributed by atoms with van der Waals surface area (Å²) in [4.78, 5) is 0. The lowest BCUT2D eigenvalue weighted by atomic mass is 10.1. The number of alkyl halides is 3. The van der Waals surface area contributed by atoms with Crippen LogP contribution in [-0.4, -0.2) is 30.6 Å². The fraction of sp³-hybridized carbons (Fsp3) is 1.00. The Morgan fingerprint density at radius 1 is 0.895 bits per heavy atom. The molecule has 5 heteroatoms. The van der Waals surface area contributed by atoms with Gasteiger partial charge in [-0.25, -0.2) is 0 Å². The Bertz CT molecular complexity index is 196. The van der Waals surface area contributed by atoms with Gasteiger partial charge in [0.1, 0.15) is 0 Å². The monoisotopic (exact) mass is 284 g/mol. The highest BCUT2D eigenvalue weighted by atomic mass is 19.4. The van der Waals surface area contributed by atoms with Gasteiger partial charge in [0.15, 0.2) is 6.10 Å². The van der Waals surface area contributed by atoms with Crippen LogP contribution in [-0.2, 0) is 4.74 Å². The molecule has 0 aliphatic rings. The molecule has 2 nitrogen and oxygen atoms in total. The number of hydrogen-bond acceptors (Lipinski definition) is 2. The third kappa shape index (κ3) is 12.5. The third-order valence-electron chi connectivity index (χ3n) is 3.06. The van der Waals surface area contributed by atoms with Crippen molar-refractivity contribution in [2.24, 2.45) is 0 Å². The number of aliphatic hydroxyl groups is 1. The second kappa shape index (κ2) is 11.5. The van der Waals surface area contributed by atoms with Crippen molar-refractivity contribution in [3.05, 3.63) is 0 Å². The fourth-order valence-corrected chi connectivity index (χ4v) is 1.80. The Morgan fingerprint density at radius 2 is 1.42 bits per heavy atom. The molecule has 0 radical (unpaired) electrons. The third-order valence-corrected chi connectivity index (χ3v) is 3.06. The first kappa shape index (κ1) is 18.7. The van der Waals surface area contributed by atoms with Crippen LogP contribution in [0, 0.1) is 0 Å². The van der Waals surface area contributed by atoms with Crippen molar-refractivity contribution in [3.63, 3.8) is 0 Å². The lowest BCUT2D eigenvalue weighted by molar-refractivity contribution is -0.208. The Labute approximate surface area is 114 Å². The summed E-state index contributed by atoms with van der Waals surface area (Å²) in [7, 11) is 0. The van der Waals surface area contributed by atoms with Gasteiger partial charge in [-0.05, 0) is 6.42 Å². The van der Waals surface area contributed by atoms with Gasteiger partial charge in [-0.1, -0.05) is 51.9 Å². The van der Waals surface area contributed by atoms with Gasteiger partial charge in [0.2, 0.25) is 0 Å². The molecule has 0 aliphatic heterocycles. The Morgan fingerprint density at radius 3 is 1.95 bits per heavy atom.